The van der Waals surface area contributed by atoms with Crippen LogP contribution in [0, 0.1) is 0 Å². The first kappa shape index (κ1) is 9.29. The second-order valence-electron chi connectivity index (χ2n) is 2.18. The topological polar surface area (TPSA) is 25.8 Å². The fraction of sp³-hybridized carbons (Fsp3) is 0. The average Bonchev–Trinajstić information content (AvgIpc) is 2.04. The second-order valence-corrected chi connectivity index (χ2v) is 2.57. The predicted molar refractivity (Wildman–Crippen MR) is 54.9 cm³/mol. The van der Waals surface area contributed by atoms with Gasteiger partial charge in [0.2, 0.25) is 0 Å². The van der Waals surface area contributed by atoms with Crippen molar-refractivity contribution in [3.63, 3.8) is 0 Å². The van der Waals surface area contributed by atoms with Crippen LogP contribution < -0.4 is 0 Å². The fourth-order valence-electron chi connectivity index (χ4n) is 0.935. The van der Waals surface area contributed by atoms with E-state index < -0.39 is 0 Å². The lowest BCUT2D eigenvalue weighted by molar-refractivity contribution is 1.29. The van der Waals surface area contributed by atoms with Crippen LogP contribution in [0.3, 0.4) is 0 Å². The van der Waals surface area contributed by atoms with Crippen LogP contribution >= 0.6 is 25.1 Å². The molecule has 4 heteroatoms. The first-order chi connectivity index (χ1) is 5.36. The van der Waals surface area contributed by atoms with Gasteiger partial charge < -0.3 is 0 Å². The van der Waals surface area contributed by atoms with Gasteiger partial charge in [0.1, 0.15) is 5.15 Å². The smallest absolute Gasteiger partial charge is 0.148 e. The number of rotatable bonds is 0. The summed E-state index contributed by atoms with van der Waals surface area (Å²) < 4.78 is 0. The molecule has 0 atom stereocenters. The van der Waals surface area contributed by atoms with Crippen LogP contribution in [0.25, 0.3) is 11.0 Å². The molecule has 62 valence electrons. The van der Waals surface area contributed by atoms with Crippen molar-refractivity contribution in [2.24, 2.45) is 0 Å². The molecule has 0 bridgehead atoms. The molecule has 0 aliphatic carbocycles. The number of benzene rings is 1. The van der Waals surface area contributed by atoms with Crippen LogP contribution in [-0.4, -0.2) is 9.97 Å². The van der Waals surface area contributed by atoms with E-state index in [-0.39, 0.29) is 13.5 Å². The molecule has 1 aromatic heterocycles. The van der Waals surface area contributed by atoms with E-state index in [0.29, 0.717) is 5.15 Å². The molecule has 2 rings (SSSR count). The minimum atomic E-state index is 0. The highest BCUT2D eigenvalue weighted by atomic mass is 35.5. The molecule has 0 amide bonds. The zero-order valence-electron chi connectivity index (χ0n) is 6.16. The molecular formula is C8H7ClN2S. The summed E-state index contributed by atoms with van der Waals surface area (Å²) in [5.41, 5.74) is 1.71. The van der Waals surface area contributed by atoms with Crippen molar-refractivity contribution in [1.29, 1.82) is 0 Å². The maximum Gasteiger partial charge on any atom is 0.148 e. The molecule has 1 aromatic carbocycles. The number of hydrogen-bond donors (Lipinski definition) is 0. The van der Waals surface area contributed by atoms with Crippen LogP contribution in [0.1, 0.15) is 0 Å². The third-order valence-electron chi connectivity index (χ3n) is 1.42. The molecule has 0 saturated heterocycles. The Bertz CT molecular complexity index is 391. The van der Waals surface area contributed by atoms with Crippen molar-refractivity contribution in [1.82, 2.24) is 9.97 Å². The van der Waals surface area contributed by atoms with Gasteiger partial charge in [-0.15, -0.1) is 0 Å². The first-order valence-corrected chi connectivity index (χ1v) is 3.61. The molecule has 0 spiro atoms. The van der Waals surface area contributed by atoms with Gasteiger partial charge in [0.05, 0.1) is 17.2 Å². The van der Waals surface area contributed by atoms with E-state index in [1.807, 2.05) is 24.3 Å². The quantitative estimate of drug-likeness (QED) is 0.650. The summed E-state index contributed by atoms with van der Waals surface area (Å²) in [6.07, 6.45) is 1.55. The summed E-state index contributed by atoms with van der Waals surface area (Å²) in [5.74, 6) is 0. The van der Waals surface area contributed by atoms with E-state index in [1.54, 1.807) is 6.20 Å². The van der Waals surface area contributed by atoms with Crippen LogP contribution in [-0.2, 0) is 0 Å². The highest BCUT2D eigenvalue weighted by Crippen LogP contribution is 2.10. The normalized spacial score (nSPS) is 9.42. The molecule has 0 N–H and O–H groups in total. The number of aromatic nitrogens is 2. The number of fused-ring (bicyclic) bond motifs is 1. The van der Waals surface area contributed by atoms with Crippen LogP contribution in [0.15, 0.2) is 30.5 Å². The van der Waals surface area contributed by atoms with E-state index >= 15 is 0 Å². The van der Waals surface area contributed by atoms with Gasteiger partial charge in [-0.1, -0.05) is 23.7 Å². The summed E-state index contributed by atoms with van der Waals surface area (Å²) in [5, 5.41) is 0.434. The van der Waals surface area contributed by atoms with Crippen molar-refractivity contribution >= 4 is 36.1 Å². The van der Waals surface area contributed by atoms with Crippen LogP contribution in [0.4, 0.5) is 0 Å². The minimum Gasteiger partial charge on any atom is -0.251 e. The van der Waals surface area contributed by atoms with Gasteiger partial charge in [-0.3, -0.25) is 4.98 Å². The number of nitrogens with zero attached hydrogens (tertiary/aromatic N) is 2. The van der Waals surface area contributed by atoms with Crippen molar-refractivity contribution in [3.05, 3.63) is 35.6 Å². The Morgan fingerprint density at radius 1 is 1.08 bits per heavy atom. The van der Waals surface area contributed by atoms with E-state index in [4.69, 9.17) is 11.6 Å². The maximum atomic E-state index is 5.65. The zero-order valence-corrected chi connectivity index (χ0v) is 7.92. The summed E-state index contributed by atoms with van der Waals surface area (Å²) >= 11 is 5.65. The van der Waals surface area contributed by atoms with Crippen molar-refractivity contribution in [2.45, 2.75) is 0 Å². The van der Waals surface area contributed by atoms with Gasteiger partial charge in [0, 0.05) is 0 Å². The van der Waals surface area contributed by atoms with Gasteiger partial charge in [0.25, 0.3) is 0 Å². The van der Waals surface area contributed by atoms with Gasteiger partial charge in [0.15, 0.2) is 0 Å². The summed E-state index contributed by atoms with van der Waals surface area (Å²) in [7, 11) is 0. The SMILES string of the molecule is Clc1cnc2ccccc2n1.S. The molecule has 12 heavy (non-hydrogen) atoms. The summed E-state index contributed by atoms with van der Waals surface area (Å²) in [6, 6.07) is 7.62. The van der Waals surface area contributed by atoms with E-state index in [2.05, 4.69) is 9.97 Å². The number of halogens is 1. The highest BCUT2D eigenvalue weighted by Gasteiger charge is 1.93. The number of para-hydroxylation sites is 2. The van der Waals surface area contributed by atoms with Crippen molar-refractivity contribution < 1.29 is 0 Å². The Kier molecular flexibility index (Phi) is 2.89. The molecule has 0 radical (unpaired) electrons. The molecule has 0 fully saturated rings. The van der Waals surface area contributed by atoms with Gasteiger partial charge in [-0.05, 0) is 12.1 Å². The molecule has 2 nitrogen and oxygen atoms in total. The highest BCUT2D eigenvalue weighted by molar-refractivity contribution is 7.59. The summed E-state index contributed by atoms with van der Waals surface area (Å²) in [6.45, 7) is 0. The predicted octanol–water partition coefficient (Wildman–Crippen LogP) is 2.40. The average molecular weight is 199 g/mol. The minimum absolute atomic E-state index is 0. The standard InChI is InChI=1S/C8H5ClN2.H2S/c9-8-5-10-6-3-1-2-4-7(6)11-8;/h1-5H;1H2. The van der Waals surface area contributed by atoms with Gasteiger partial charge in [-0.2, -0.15) is 13.5 Å². The third kappa shape index (κ3) is 1.68. The zero-order chi connectivity index (χ0) is 7.68. The lowest BCUT2D eigenvalue weighted by atomic mass is 10.3. The van der Waals surface area contributed by atoms with E-state index in [1.165, 1.54) is 0 Å². The molecule has 0 aliphatic rings. The van der Waals surface area contributed by atoms with Crippen LogP contribution in [0.5, 0.6) is 0 Å². The van der Waals surface area contributed by atoms with E-state index in [0.717, 1.165) is 11.0 Å². The Balaban J connectivity index is 0.000000720. The molecule has 0 unspecified atom stereocenters. The van der Waals surface area contributed by atoms with Crippen molar-refractivity contribution in [3.8, 4) is 0 Å². The Hall–Kier alpha value is -0.800. The Morgan fingerprint density at radius 3 is 2.50 bits per heavy atom. The maximum absolute atomic E-state index is 5.65. The Labute approximate surface area is 82.0 Å². The van der Waals surface area contributed by atoms with Gasteiger partial charge >= 0.3 is 0 Å². The molecule has 0 aliphatic heterocycles. The van der Waals surface area contributed by atoms with Crippen LogP contribution in [0.2, 0.25) is 5.15 Å². The molecule has 2 aromatic rings. The summed E-state index contributed by atoms with van der Waals surface area (Å²) in [4.78, 5) is 8.16. The fourth-order valence-corrected chi connectivity index (χ4v) is 1.07. The van der Waals surface area contributed by atoms with E-state index in [9.17, 15) is 0 Å². The molecule has 0 saturated carbocycles. The number of hydrogen-bond acceptors (Lipinski definition) is 2. The second kappa shape index (κ2) is 3.74. The lowest BCUT2D eigenvalue weighted by Crippen LogP contribution is -1.81. The Morgan fingerprint density at radius 2 is 1.75 bits per heavy atom. The van der Waals surface area contributed by atoms with Gasteiger partial charge in [-0.25, -0.2) is 4.98 Å². The monoisotopic (exact) mass is 198 g/mol. The third-order valence-corrected chi connectivity index (χ3v) is 1.60. The molecule has 1 heterocycles. The largest absolute Gasteiger partial charge is 0.251 e. The molecular weight excluding hydrogens is 192 g/mol. The lowest BCUT2D eigenvalue weighted by Gasteiger charge is -1.93. The van der Waals surface area contributed by atoms with Crippen molar-refractivity contribution in [2.75, 3.05) is 0 Å². The first-order valence-electron chi connectivity index (χ1n) is 3.23.